The van der Waals surface area contributed by atoms with Crippen molar-refractivity contribution in [1.82, 2.24) is 19.8 Å². The van der Waals surface area contributed by atoms with E-state index in [1.165, 1.54) is 16.6 Å². The maximum Gasteiger partial charge on any atom is 0.229 e. The lowest BCUT2D eigenvalue weighted by Crippen LogP contribution is -2.11. The van der Waals surface area contributed by atoms with Gasteiger partial charge in [0.1, 0.15) is 5.82 Å². The topological polar surface area (TPSA) is 98.5 Å². The van der Waals surface area contributed by atoms with Crippen LogP contribution in [0.15, 0.2) is 64.5 Å². The summed E-state index contributed by atoms with van der Waals surface area (Å²) in [4.78, 5) is 4.75. The Morgan fingerprint density at radius 2 is 1.80 bits per heavy atom. The summed E-state index contributed by atoms with van der Waals surface area (Å²) in [6.07, 6.45) is 0.982. The zero-order valence-electron chi connectivity index (χ0n) is 16.8. The van der Waals surface area contributed by atoms with Gasteiger partial charge in [0.2, 0.25) is 14.9 Å². The molecule has 2 aromatic heterocycles. The summed E-state index contributed by atoms with van der Waals surface area (Å²) >= 11 is 0. The van der Waals surface area contributed by atoms with Crippen molar-refractivity contribution in [2.24, 2.45) is 0 Å². The summed E-state index contributed by atoms with van der Waals surface area (Å²) in [5, 5.41) is 12.0. The standard InChI is InChI=1S/C21H23N5O3S/c1-15(2)29-14-8-13-22-19-17-11-6-7-12-18(17)26-20(23-19)21(24-25-26)30(27,28)16-9-4-3-5-10-16/h3-7,9-12,15H,8,13-14H2,1-2H3,(H,22,23). The number of ether oxygens (including phenoxy) is 1. The number of hydrogen-bond acceptors (Lipinski definition) is 7. The van der Waals surface area contributed by atoms with Crippen molar-refractivity contribution in [2.45, 2.75) is 36.3 Å². The summed E-state index contributed by atoms with van der Waals surface area (Å²) in [5.74, 6) is 0.592. The van der Waals surface area contributed by atoms with E-state index < -0.39 is 9.84 Å². The molecule has 0 aliphatic heterocycles. The molecule has 9 heteroatoms. The molecule has 0 fully saturated rings. The van der Waals surface area contributed by atoms with Crippen LogP contribution < -0.4 is 5.32 Å². The van der Waals surface area contributed by atoms with Crippen molar-refractivity contribution in [3.05, 3.63) is 54.6 Å². The van der Waals surface area contributed by atoms with E-state index in [2.05, 4.69) is 20.6 Å². The lowest BCUT2D eigenvalue weighted by atomic mass is 10.2. The van der Waals surface area contributed by atoms with Crippen molar-refractivity contribution >= 4 is 32.2 Å². The minimum atomic E-state index is -3.85. The molecule has 8 nitrogen and oxygen atoms in total. The Kier molecular flexibility index (Phi) is 5.65. The van der Waals surface area contributed by atoms with Crippen LogP contribution >= 0.6 is 0 Å². The summed E-state index contributed by atoms with van der Waals surface area (Å²) in [6, 6.07) is 15.7. The third-order valence-corrected chi connectivity index (χ3v) is 6.26. The predicted octanol–water partition coefficient (Wildman–Crippen LogP) is 3.34. The van der Waals surface area contributed by atoms with Gasteiger partial charge in [0, 0.05) is 18.5 Å². The van der Waals surface area contributed by atoms with Gasteiger partial charge in [0.05, 0.1) is 16.5 Å². The van der Waals surface area contributed by atoms with Gasteiger partial charge < -0.3 is 10.1 Å². The molecule has 156 valence electrons. The van der Waals surface area contributed by atoms with Crippen LogP contribution in [-0.4, -0.2) is 47.5 Å². The Hall–Kier alpha value is -3.04. The Morgan fingerprint density at radius 3 is 2.57 bits per heavy atom. The molecule has 0 spiro atoms. The van der Waals surface area contributed by atoms with Gasteiger partial charge in [-0.25, -0.2) is 13.4 Å². The van der Waals surface area contributed by atoms with Gasteiger partial charge in [-0.05, 0) is 44.5 Å². The molecule has 2 heterocycles. The number of rotatable bonds is 8. The average Bonchev–Trinajstić information content (AvgIpc) is 3.19. The predicted molar refractivity (Wildman–Crippen MR) is 114 cm³/mol. The van der Waals surface area contributed by atoms with Gasteiger partial charge in [-0.15, -0.1) is 5.10 Å². The highest BCUT2D eigenvalue weighted by molar-refractivity contribution is 7.91. The number of anilines is 1. The van der Waals surface area contributed by atoms with Crippen LogP contribution in [0.1, 0.15) is 20.3 Å². The molecule has 0 bridgehead atoms. The molecule has 0 radical (unpaired) electrons. The molecule has 0 saturated heterocycles. The van der Waals surface area contributed by atoms with Gasteiger partial charge in [-0.1, -0.05) is 35.5 Å². The minimum Gasteiger partial charge on any atom is -0.379 e. The SMILES string of the molecule is CC(C)OCCCNc1nc2c(S(=O)(=O)c3ccccc3)nnn2c2ccccc12. The Labute approximate surface area is 174 Å². The van der Waals surface area contributed by atoms with Gasteiger partial charge in [-0.3, -0.25) is 0 Å². The Balaban J connectivity index is 1.76. The largest absolute Gasteiger partial charge is 0.379 e. The lowest BCUT2D eigenvalue weighted by molar-refractivity contribution is 0.0787. The number of nitrogens with zero attached hydrogens (tertiary/aromatic N) is 4. The number of hydrogen-bond donors (Lipinski definition) is 1. The number of para-hydroxylation sites is 1. The average molecular weight is 426 g/mol. The lowest BCUT2D eigenvalue weighted by Gasteiger charge is -2.11. The number of benzene rings is 2. The smallest absolute Gasteiger partial charge is 0.229 e. The molecule has 0 aliphatic rings. The number of aromatic nitrogens is 4. The van der Waals surface area contributed by atoms with E-state index in [1.807, 2.05) is 38.1 Å². The highest BCUT2D eigenvalue weighted by atomic mass is 32.2. The molecule has 0 amide bonds. The first-order valence-electron chi connectivity index (χ1n) is 9.78. The molecular formula is C21H23N5O3S. The quantitative estimate of drug-likeness (QED) is 0.432. The van der Waals surface area contributed by atoms with E-state index in [0.717, 1.165) is 17.3 Å². The van der Waals surface area contributed by atoms with Crippen molar-refractivity contribution in [2.75, 3.05) is 18.5 Å². The third kappa shape index (κ3) is 3.86. The normalized spacial score (nSPS) is 12.1. The number of sulfone groups is 1. The number of nitrogens with one attached hydrogen (secondary N) is 1. The molecule has 1 N–H and O–H groups in total. The van der Waals surface area contributed by atoms with E-state index in [1.54, 1.807) is 18.2 Å². The van der Waals surface area contributed by atoms with Crippen molar-refractivity contribution < 1.29 is 13.2 Å². The zero-order valence-corrected chi connectivity index (χ0v) is 17.6. The van der Waals surface area contributed by atoms with Gasteiger partial charge in [0.15, 0.2) is 5.65 Å². The highest BCUT2D eigenvalue weighted by Gasteiger charge is 2.26. The Bertz CT molecular complexity index is 1270. The van der Waals surface area contributed by atoms with E-state index in [0.29, 0.717) is 19.0 Å². The monoisotopic (exact) mass is 425 g/mol. The van der Waals surface area contributed by atoms with Crippen molar-refractivity contribution in [3.63, 3.8) is 0 Å². The molecule has 30 heavy (non-hydrogen) atoms. The van der Waals surface area contributed by atoms with Crippen molar-refractivity contribution in [3.8, 4) is 0 Å². The molecule has 0 aliphatic carbocycles. The summed E-state index contributed by atoms with van der Waals surface area (Å²) in [5.41, 5.74) is 0.920. The van der Waals surface area contributed by atoms with Crippen LogP contribution in [0.2, 0.25) is 0 Å². The summed E-state index contributed by atoms with van der Waals surface area (Å²) in [6.45, 7) is 5.27. The van der Waals surface area contributed by atoms with Crippen LogP contribution in [0.25, 0.3) is 16.6 Å². The maximum absolute atomic E-state index is 13.1. The highest BCUT2D eigenvalue weighted by Crippen LogP contribution is 2.27. The van der Waals surface area contributed by atoms with E-state index in [-0.39, 0.29) is 21.7 Å². The molecule has 0 saturated carbocycles. The van der Waals surface area contributed by atoms with Crippen LogP contribution in [0.4, 0.5) is 5.82 Å². The minimum absolute atomic E-state index is 0.155. The molecule has 4 rings (SSSR count). The second-order valence-corrected chi connectivity index (χ2v) is 8.99. The zero-order chi connectivity index (χ0) is 21.1. The fourth-order valence-electron chi connectivity index (χ4n) is 3.16. The van der Waals surface area contributed by atoms with Gasteiger partial charge in [0.25, 0.3) is 0 Å². The first kappa shape index (κ1) is 20.2. The maximum atomic E-state index is 13.1. The molecule has 2 aromatic carbocycles. The molecule has 4 aromatic rings. The van der Waals surface area contributed by atoms with Crippen LogP contribution in [0, 0.1) is 0 Å². The van der Waals surface area contributed by atoms with Crippen LogP contribution in [-0.2, 0) is 14.6 Å². The Morgan fingerprint density at radius 1 is 1.07 bits per heavy atom. The van der Waals surface area contributed by atoms with Crippen molar-refractivity contribution in [1.29, 1.82) is 0 Å². The van der Waals surface area contributed by atoms with Crippen LogP contribution in [0.5, 0.6) is 0 Å². The van der Waals surface area contributed by atoms with E-state index in [9.17, 15) is 8.42 Å². The first-order valence-corrected chi connectivity index (χ1v) is 11.3. The molecule has 0 unspecified atom stereocenters. The first-order chi connectivity index (χ1) is 14.5. The van der Waals surface area contributed by atoms with Crippen LogP contribution in [0.3, 0.4) is 0 Å². The van der Waals surface area contributed by atoms with E-state index in [4.69, 9.17) is 4.74 Å². The van der Waals surface area contributed by atoms with Gasteiger partial charge >= 0.3 is 0 Å². The molecule has 0 atom stereocenters. The number of fused-ring (bicyclic) bond motifs is 3. The third-order valence-electron chi connectivity index (χ3n) is 4.59. The molecular weight excluding hydrogens is 402 g/mol. The van der Waals surface area contributed by atoms with E-state index >= 15 is 0 Å². The summed E-state index contributed by atoms with van der Waals surface area (Å²) in [7, 11) is -3.85. The fourth-order valence-corrected chi connectivity index (χ4v) is 4.42. The summed E-state index contributed by atoms with van der Waals surface area (Å²) < 4.78 is 33.3. The second-order valence-electron chi connectivity index (χ2n) is 7.12. The second kappa shape index (κ2) is 8.37. The van der Waals surface area contributed by atoms with Gasteiger partial charge in [-0.2, -0.15) is 4.52 Å². The fraction of sp³-hybridized carbons (Fsp3) is 0.286.